The smallest absolute Gasteiger partial charge is 0.269 e. The van der Waals surface area contributed by atoms with E-state index in [1.54, 1.807) is 17.2 Å². The monoisotopic (exact) mass is 505 g/mol. The summed E-state index contributed by atoms with van der Waals surface area (Å²) in [5.74, 6) is -0.725. The van der Waals surface area contributed by atoms with Gasteiger partial charge < -0.3 is 14.2 Å². The molecule has 190 valence electrons. The zero-order chi connectivity index (χ0) is 26.3. The lowest BCUT2D eigenvalue weighted by Crippen LogP contribution is -2.37. The second-order valence-electron chi connectivity index (χ2n) is 8.39. The molecule has 2 amide bonds. The van der Waals surface area contributed by atoms with Crippen LogP contribution >= 0.6 is 0 Å². The van der Waals surface area contributed by atoms with E-state index in [9.17, 15) is 19.7 Å². The maximum atomic E-state index is 13.8. The summed E-state index contributed by atoms with van der Waals surface area (Å²) in [4.78, 5) is 45.0. The number of carbonyl (C=O) groups excluding carboxylic acids is 2. The normalized spacial score (nSPS) is 20.7. The third-order valence-electron chi connectivity index (χ3n) is 6.50. The van der Waals surface area contributed by atoms with E-state index in [4.69, 9.17) is 19.0 Å². The summed E-state index contributed by atoms with van der Waals surface area (Å²) >= 11 is 0. The van der Waals surface area contributed by atoms with E-state index in [1.807, 2.05) is 30.3 Å². The van der Waals surface area contributed by atoms with Gasteiger partial charge in [0, 0.05) is 23.8 Å². The predicted molar refractivity (Wildman–Crippen MR) is 132 cm³/mol. The summed E-state index contributed by atoms with van der Waals surface area (Å²) in [6, 6.07) is 16.9. The molecule has 3 aromatic carbocycles. The number of ether oxygens (including phenoxy) is 3. The van der Waals surface area contributed by atoms with E-state index in [0.29, 0.717) is 28.5 Å². The van der Waals surface area contributed by atoms with Gasteiger partial charge in [0.15, 0.2) is 17.6 Å². The molecule has 2 heterocycles. The van der Waals surface area contributed by atoms with Crippen molar-refractivity contribution in [3.8, 4) is 17.2 Å². The van der Waals surface area contributed by atoms with Crippen LogP contribution in [0.5, 0.6) is 17.2 Å². The van der Waals surface area contributed by atoms with Gasteiger partial charge in [0.05, 0.1) is 37.6 Å². The van der Waals surface area contributed by atoms with Crippen LogP contribution in [0.4, 0.5) is 17.1 Å². The summed E-state index contributed by atoms with van der Waals surface area (Å²) in [7, 11) is 4.50. The van der Waals surface area contributed by atoms with Crippen molar-refractivity contribution in [1.29, 1.82) is 0 Å². The number of fused-ring (bicyclic) bond motifs is 1. The number of amides is 2. The number of nitrogens with zero attached hydrogens (tertiary/aromatic N) is 3. The van der Waals surface area contributed by atoms with E-state index in [0.717, 1.165) is 4.90 Å². The third-order valence-corrected chi connectivity index (χ3v) is 6.50. The number of hydroxylamine groups is 1. The highest BCUT2D eigenvalue weighted by atomic mass is 16.7. The first kappa shape index (κ1) is 24.1. The second-order valence-corrected chi connectivity index (χ2v) is 8.39. The lowest BCUT2D eigenvalue weighted by molar-refractivity contribution is -0.384. The molecule has 3 aromatic rings. The first-order valence-corrected chi connectivity index (χ1v) is 11.3. The molecule has 37 heavy (non-hydrogen) atoms. The summed E-state index contributed by atoms with van der Waals surface area (Å²) in [6.07, 6.45) is -1.12. The first-order valence-electron chi connectivity index (χ1n) is 11.3. The zero-order valence-electron chi connectivity index (χ0n) is 20.2. The van der Waals surface area contributed by atoms with Crippen molar-refractivity contribution < 1.29 is 33.6 Å². The standard InChI is InChI=1S/C26H23N3O8/c1-34-19-14-21(36-3)20(35-2)13-18(19)23-22-24(37-28(23)16-7-5-4-6-8-16)26(31)27(25(22)30)15-9-11-17(12-10-15)29(32)33/h4-14,22-24H,1-3H3/t22-,23+,24-/m1/s1. The molecule has 2 aliphatic rings. The van der Waals surface area contributed by atoms with E-state index < -0.39 is 34.8 Å². The number of nitro groups is 1. The minimum absolute atomic E-state index is 0.150. The van der Waals surface area contributed by atoms with E-state index in [-0.39, 0.29) is 11.4 Å². The molecule has 2 aliphatic heterocycles. The van der Waals surface area contributed by atoms with Gasteiger partial charge in [0.1, 0.15) is 17.7 Å². The molecule has 0 saturated carbocycles. The fraction of sp³-hybridized carbons (Fsp3) is 0.231. The number of methoxy groups -OCH3 is 3. The molecular weight excluding hydrogens is 482 g/mol. The molecule has 0 spiro atoms. The lowest BCUT2D eigenvalue weighted by Gasteiger charge is -2.30. The number of hydrogen-bond acceptors (Lipinski definition) is 9. The fourth-order valence-electron chi connectivity index (χ4n) is 4.79. The third kappa shape index (κ3) is 3.89. The molecule has 2 fully saturated rings. The molecular formula is C26H23N3O8. The Hall–Kier alpha value is -4.64. The molecule has 2 saturated heterocycles. The van der Waals surface area contributed by atoms with Gasteiger partial charge in [-0.15, -0.1) is 0 Å². The van der Waals surface area contributed by atoms with E-state index >= 15 is 0 Å². The Balaban J connectivity index is 1.62. The second kappa shape index (κ2) is 9.43. The predicted octanol–water partition coefficient (Wildman–Crippen LogP) is 3.67. The van der Waals surface area contributed by atoms with Gasteiger partial charge >= 0.3 is 0 Å². The van der Waals surface area contributed by atoms with Crippen LogP contribution in [0.15, 0.2) is 66.7 Å². The molecule has 5 rings (SSSR count). The number of benzene rings is 3. The van der Waals surface area contributed by atoms with Gasteiger partial charge in [-0.2, -0.15) is 0 Å². The summed E-state index contributed by atoms with van der Waals surface area (Å²) < 4.78 is 16.6. The van der Waals surface area contributed by atoms with Gasteiger partial charge in [-0.3, -0.25) is 24.5 Å². The molecule has 0 unspecified atom stereocenters. The number of imide groups is 1. The van der Waals surface area contributed by atoms with Gasteiger partial charge in [-0.05, 0) is 30.3 Å². The number of non-ortho nitro benzene ring substituents is 1. The molecule has 0 aliphatic carbocycles. The van der Waals surface area contributed by atoms with Crippen LogP contribution in [0.1, 0.15) is 11.6 Å². The van der Waals surface area contributed by atoms with Crippen molar-refractivity contribution in [3.63, 3.8) is 0 Å². The molecule has 0 aromatic heterocycles. The SMILES string of the molecule is COc1cc(OC)c([C@H]2[C@H]3C(=O)N(c4ccc([N+](=O)[O-])cc4)C(=O)[C@@H]3ON2c2ccccc2)cc1OC. The van der Waals surface area contributed by atoms with Crippen molar-refractivity contribution in [2.45, 2.75) is 12.1 Å². The fourth-order valence-corrected chi connectivity index (χ4v) is 4.79. The van der Waals surface area contributed by atoms with Crippen LogP contribution in [0.3, 0.4) is 0 Å². The zero-order valence-corrected chi connectivity index (χ0v) is 20.2. The Labute approximate surface area is 211 Å². The largest absolute Gasteiger partial charge is 0.496 e. The van der Waals surface area contributed by atoms with Crippen LogP contribution < -0.4 is 24.2 Å². The van der Waals surface area contributed by atoms with Crippen LogP contribution in [-0.2, 0) is 14.4 Å². The van der Waals surface area contributed by atoms with Crippen molar-refractivity contribution in [1.82, 2.24) is 0 Å². The summed E-state index contributed by atoms with van der Waals surface area (Å²) in [6.45, 7) is 0. The van der Waals surface area contributed by atoms with E-state index in [1.165, 1.54) is 45.6 Å². The summed E-state index contributed by atoms with van der Waals surface area (Å²) in [5, 5.41) is 12.6. The van der Waals surface area contributed by atoms with Gasteiger partial charge in [-0.25, -0.2) is 9.96 Å². The summed E-state index contributed by atoms with van der Waals surface area (Å²) in [5.41, 5.74) is 1.27. The molecule has 11 nitrogen and oxygen atoms in total. The Morgan fingerprint density at radius 2 is 1.43 bits per heavy atom. The molecule has 3 atom stereocenters. The number of nitro benzene ring substituents is 1. The van der Waals surface area contributed by atoms with Crippen molar-refractivity contribution in [3.05, 3.63) is 82.4 Å². The Kier molecular flexibility index (Phi) is 6.14. The van der Waals surface area contributed by atoms with Gasteiger partial charge in [0.2, 0.25) is 5.91 Å². The minimum atomic E-state index is -1.12. The molecule has 0 bridgehead atoms. The minimum Gasteiger partial charge on any atom is -0.496 e. The van der Waals surface area contributed by atoms with Crippen LogP contribution in [0.25, 0.3) is 0 Å². The highest BCUT2D eigenvalue weighted by molar-refractivity contribution is 6.24. The maximum Gasteiger partial charge on any atom is 0.269 e. The Morgan fingerprint density at radius 1 is 0.811 bits per heavy atom. The van der Waals surface area contributed by atoms with Crippen LogP contribution in [0, 0.1) is 16.0 Å². The first-order chi connectivity index (χ1) is 17.9. The lowest BCUT2D eigenvalue weighted by atomic mass is 9.89. The molecule has 0 N–H and O–H groups in total. The molecule has 11 heteroatoms. The topological polar surface area (TPSA) is 121 Å². The van der Waals surface area contributed by atoms with Gasteiger partial charge in [0.25, 0.3) is 11.6 Å². The maximum absolute atomic E-state index is 13.8. The molecule has 0 radical (unpaired) electrons. The van der Waals surface area contributed by atoms with Crippen molar-refractivity contribution in [2.75, 3.05) is 31.3 Å². The quantitative estimate of drug-likeness (QED) is 0.269. The van der Waals surface area contributed by atoms with Crippen LogP contribution in [0.2, 0.25) is 0 Å². The number of hydrogen-bond donors (Lipinski definition) is 0. The number of rotatable bonds is 7. The average Bonchev–Trinajstić information content (AvgIpc) is 3.43. The highest BCUT2D eigenvalue weighted by Gasteiger charge is 2.61. The van der Waals surface area contributed by atoms with Crippen LogP contribution in [-0.4, -0.2) is 44.2 Å². The van der Waals surface area contributed by atoms with E-state index in [2.05, 4.69) is 0 Å². The Morgan fingerprint density at radius 3 is 2.03 bits per heavy atom. The Bertz CT molecular complexity index is 1360. The number of para-hydroxylation sites is 1. The van der Waals surface area contributed by atoms with Crippen molar-refractivity contribution >= 4 is 28.9 Å². The number of carbonyl (C=O) groups is 2. The van der Waals surface area contributed by atoms with Crippen molar-refractivity contribution in [2.24, 2.45) is 5.92 Å². The highest BCUT2D eigenvalue weighted by Crippen LogP contribution is 2.51. The number of anilines is 2. The van der Waals surface area contributed by atoms with Gasteiger partial charge in [-0.1, -0.05) is 18.2 Å². The average molecular weight is 505 g/mol.